The van der Waals surface area contributed by atoms with E-state index in [1.165, 1.54) is 43.2 Å². The number of hydrogen-bond acceptors (Lipinski definition) is 4. The van der Waals surface area contributed by atoms with Crippen LogP contribution in [0.3, 0.4) is 0 Å². The van der Waals surface area contributed by atoms with Crippen LogP contribution in [0.15, 0.2) is 24.3 Å². The molecule has 27 heavy (non-hydrogen) atoms. The van der Waals surface area contributed by atoms with Crippen LogP contribution in [0, 0.1) is 0 Å². The van der Waals surface area contributed by atoms with E-state index in [4.69, 9.17) is 0 Å². The van der Waals surface area contributed by atoms with Crippen molar-refractivity contribution in [3.8, 4) is 0 Å². The molecule has 5 heteroatoms. The molecule has 2 aliphatic heterocycles. The Labute approximate surface area is 162 Å². The fourth-order valence-electron chi connectivity index (χ4n) is 5.00. The second-order valence-corrected chi connectivity index (χ2v) is 8.51. The fraction of sp³-hybridized carbons (Fsp3) is 0.682. The van der Waals surface area contributed by atoms with E-state index in [0.717, 1.165) is 32.6 Å². The highest BCUT2D eigenvalue weighted by atomic mass is 16.3. The second kappa shape index (κ2) is 8.72. The quantitative estimate of drug-likeness (QED) is 0.859. The molecule has 1 aromatic carbocycles. The Hall–Kier alpha value is -1.43. The first-order valence-corrected chi connectivity index (χ1v) is 10.7. The van der Waals surface area contributed by atoms with E-state index in [-0.39, 0.29) is 5.91 Å². The molecule has 1 saturated heterocycles. The molecule has 0 radical (unpaired) electrons. The Morgan fingerprint density at radius 3 is 2.52 bits per heavy atom. The third-order valence-electron chi connectivity index (χ3n) is 6.55. The number of fused-ring (bicyclic) bond motifs is 1. The van der Waals surface area contributed by atoms with Crippen molar-refractivity contribution in [2.75, 3.05) is 39.3 Å². The van der Waals surface area contributed by atoms with Gasteiger partial charge in [0.2, 0.25) is 5.91 Å². The van der Waals surface area contributed by atoms with Gasteiger partial charge in [-0.15, -0.1) is 0 Å². The number of piperazine rings is 1. The summed E-state index contributed by atoms with van der Waals surface area (Å²) in [6.45, 7) is 5.25. The molecule has 1 unspecified atom stereocenters. The van der Waals surface area contributed by atoms with Gasteiger partial charge in [0.05, 0.1) is 12.6 Å². The van der Waals surface area contributed by atoms with Crippen LogP contribution >= 0.6 is 0 Å². The van der Waals surface area contributed by atoms with Crippen molar-refractivity contribution in [2.45, 2.75) is 57.2 Å². The first-order chi connectivity index (χ1) is 13.2. The highest BCUT2D eigenvalue weighted by Crippen LogP contribution is 2.24. The molecule has 3 aliphatic rings. The first kappa shape index (κ1) is 18.9. The highest BCUT2D eigenvalue weighted by molar-refractivity contribution is 5.79. The molecule has 1 atom stereocenters. The maximum absolute atomic E-state index is 12.6. The molecule has 1 aliphatic carbocycles. The van der Waals surface area contributed by atoms with Crippen LogP contribution in [0.2, 0.25) is 0 Å². The Bertz CT molecular complexity index is 644. The average Bonchev–Trinajstić information content (AvgIpc) is 2.70. The average molecular weight is 372 g/mol. The third kappa shape index (κ3) is 4.71. The van der Waals surface area contributed by atoms with Gasteiger partial charge in [-0.1, -0.05) is 43.5 Å². The normalized spacial score (nSPS) is 24.0. The minimum atomic E-state index is -0.472. The Morgan fingerprint density at radius 2 is 1.74 bits per heavy atom. The van der Waals surface area contributed by atoms with Crippen molar-refractivity contribution in [3.63, 3.8) is 0 Å². The van der Waals surface area contributed by atoms with Gasteiger partial charge >= 0.3 is 0 Å². The molecule has 0 spiro atoms. The molecule has 5 nitrogen and oxygen atoms in total. The van der Waals surface area contributed by atoms with Crippen molar-refractivity contribution in [1.82, 2.24) is 14.7 Å². The molecule has 2 heterocycles. The lowest BCUT2D eigenvalue weighted by Gasteiger charge is -2.41. The van der Waals surface area contributed by atoms with Gasteiger partial charge in [-0.2, -0.15) is 0 Å². The van der Waals surface area contributed by atoms with E-state index < -0.39 is 6.10 Å². The number of aliphatic hydroxyl groups excluding tert-OH is 1. The number of carbonyl (C=O) groups is 1. The second-order valence-electron chi connectivity index (χ2n) is 8.51. The van der Waals surface area contributed by atoms with Crippen LogP contribution in [0.1, 0.15) is 43.2 Å². The van der Waals surface area contributed by atoms with Gasteiger partial charge in [0.1, 0.15) is 0 Å². The van der Waals surface area contributed by atoms with E-state index in [0.29, 0.717) is 25.7 Å². The molecule has 148 valence electrons. The zero-order valence-corrected chi connectivity index (χ0v) is 16.4. The summed E-state index contributed by atoms with van der Waals surface area (Å²) in [7, 11) is 0. The van der Waals surface area contributed by atoms with Gasteiger partial charge in [0.15, 0.2) is 0 Å². The van der Waals surface area contributed by atoms with Crippen LogP contribution in [0.5, 0.6) is 0 Å². The van der Waals surface area contributed by atoms with Crippen LogP contribution in [-0.2, 0) is 17.8 Å². The maximum Gasteiger partial charge on any atom is 0.236 e. The summed E-state index contributed by atoms with van der Waals surface area (Å²) in [4.78, 5) is 19.2. The van der Waals surface area contributed by atoms with Crippen LogP contribution < -0.4 is 0 Å². The number of β-amino-alcohol motifs (C(OH)–C–C–N with tert-alkyl or cyclic N) is 1. The lowest BCUT2D eigenvalue weighted by Crippen LogP contribution is -2.56. The Kier molecular flexibility index (Phi) is 6.11. The van der Waals surface area contributed by atoms with E-state index in [1.54, 1.807) is 0 Å². The van der Waals surface area contributed by atoms with Crippen molar-refractivity contribution >= 4 is 5.91 Å². The predicted molar refractivity (Wildman–Crippen MR) is 106 cm³/mol. The fourth-order valence-corrected chi connectivity index (χ4v) is 5.00. The van der Waals surface area contributed by atoms with Crippen LogP contribution in [-0.4, -0.2) is 77.1 Å². The molecule has 0 aromatic heterocycles. The van der Waals surface area contributed by atoms with E-state index in [2.05, 4.69) is 34.1 Å². The summed E-state index contributed by atoms with van der Waals surface area (Å²) in [5.74, 6) is 0.190. The minimum absolute atomic E-state index is 0.190. The predicted octanol–water partition coefficient (Wildman–Crippen LogP) is 1.88. The molecule has 1 aromatic rings. The van der Waals surface area contributed by atoms with Crippen molar-refractivity contribution in [3.05, 3.63) is 35.4 Å². The molecule has 4 rings (SSSR count). The summed E-state index contributed by atoms with van der Waals surface area (Å²) in [5.41, 5.74) is 2.80. The maximum atomic E-state index is 12.6. The number of hydrogen-bond donors (Lipinski definition) is 1. The molecular formula is C22H33N3O2. The van der Waals surface area contributed by atoms with Gasteiger partial charge in [-0.25, -0.2) is 0 Å². The SMILES string of the molecule is O=C1CN(C2CCCCC2)CCN1CC(O)CN1CCc2ccccc2C1. The largest absolute Gasteiger partial charge is 0.390 e. The number of rotatable bonds is 5. The van der Waals surface area contributed by atoms with Gasteiger partial charge < -0.3 is 10.0 Å². The molecule has 1 saturated carbocycles. The summed E-state index contributed by atoms with van der Waals surface area (Å²) in [6, 6.07) is 9.17. The first-order valence-electron chi connectivity index (χ1n) is 10.7. The van der Waals surface area contributed by atoms with Crippen LogP contribution in [0.25, 0.3) is 0 Å². The van der Waals surface area contributed by atoms with E-state index >= 15 is 0 Å². The zero-order valence-electron chi connectivity index (χ0n) is 16.4. The van der Waals surface area contributed by atoms with Crippen molar-refractivity contribution < 1.29 is 9.90 Å². The number of amides is 1. The number of aliphatic hydroxyl groups is 1. The van der Waals surface area contributed by atoms with Gasteiger partial charge in [-0.3, -0.25) is 14.6 Å². The summed E-state index contributed by atoms with van der Waals surface area (Å²) in [5, 5.41) is 10.6. The van der Waals surface area contributed by atoms with E-state index in [1.807, 2.05) is 4.90 Å². The Balaban J connectivity index is 1.24. The Morgan fingerprint density at radius 1 is 0.963 bits per heavy atom. The van der Waals surface area contributed by atoms with Crippen molar-refractivity contribution in [2.24, 2.45) is 0 Å². The summed E-state index contributed by atoms with van der Waals surface area (Å²) >= 11 is 0. The van der Waals surface area contributed by atoms with Gasteiger partial charge in [0, 0.05) is 45.3 Å². The summed E-state index contributed by atoms with van der Waals surface area (Å²) in [6.07, 6.45) is 7.01. The number of nitrogens with zero attached hydrogens (tertiary/aromatic N) is 3. The molecular weight excluding hydrogens is 338 g/mol. The zero-order chi connectivity index (χ0) is 18.6. The lowest BCUT2D eigenvalue weighted by molar-refractivity contribution is -0.139. The standard InChI is InChI=1S/C22H33N3O2/c26-21(15-23-11-10-18-6-4-5-7-19(18)14-23)16-25-13-12-24(17-22(25)27)20-8-2-1-3-9-20/h4-7,20-21,26H,1-3,8-17H2. The van der Waals surface area contributed by atoms with E-state index in [9.17, 15) is 9.90 Å². The van der Waals surface area contributed by atoms with Crippen molar-refractivity contribution in [1.29, 1.82) is 0 Å². The molecule has 1 N–H and O–H groups in total. The third-order valence-corrected chi connectivity index (χ3v) is 6.55. The molecule has 0 bridgehead atoms. The summed E-state index contributed by atoms with van der Waals surface area (Å²) < 4.78 is 0. The van der Waals surface area contributed by atoms with Gasteiger partial charge in [0.25, 0.3) is 0 Å². The molecule has 1 amide bonds. The number of benzene rings is 1. The topological polar surface area (TPSA) is 47.0 Å². The minimum Gasteiger partial charge on any atom is -0.390 e. The molecule has 2 fully saturated rings. The lowest BCUT2D eigenvalue weighted by atomic mass is 9.94. The van der Waals surface area contributed by atoms with Gasteiger partial charge in [-0.05, 0) is 30.4 Å². The van der Waals surface area contributed by atoms with Crippen LogP contribution in [0.4, 0.5) is 0 Å². The number of carbonyl (C=O) groups excluding carboxylic acids is 1. The monoisotopic (exact) mass is 371 g/mol. The highest BCUT2D eigenvalue weighted by Gasteiger charge is 2.30. The smallest absolute Gasteiger partial charge is 0.236 e.